The van der Waals surface area contributed by atoms with Gasteiger partial charge in [0.2, 0.25) is 0 Å². The van der Waals surface area contributed by atoms with Gasteiger partial charge in [-0.2, -0.15) is 0 Å². The normalized spacial score (nSPS) is 13.1. The van der Waals surface area contributed by atoms with E-state index in [1.54, 1.807) is 31.2 Å². The second-order valence-corrected chi connectivity index (χ2v) is 4.94. The third kappa shape index (κ3) is 4.91. The second kappa shape index (κ2) is 7.42. The Morgan fingerprint density at radius 2 is 1.95 bits per heavy atom. The minimum atomic E-state index is -1.07. The molecule has 0 radical (unpaired) electrons. The van der Waals surface area contributed by atoms with E-state index in [1.807, 2.05) is 6.92 Å². The van der Waals surface area contributed by atoms with Gasteiger partial charge in [0, 0.05) is 11.3 Å². The number of rotatable bonds is 6. The first kappa shape index (κ1) is 16.7. The molecule has 0 bridgehead atoms. The van der Waals surface area contributed by atoms with Gasteiger partial charge in [-0.1, -0.05) is 32.4 Å². The predicted octanol–water partition coefficient (Wildman–Crippen LogP) is 2.51. The molecule has 0 spiro atoms. The van der Waals surface area contributed by atoms with Gasteiger partial charge in [-0.05, 0) is 25.0 Å². The van der Waals surface area contributed by atoms with E-state index in [-0.39, 0.29) is 11.7 Å². The van der Waals surface area contributed by atoms with Crippen LogP contribution >= 0.6 is 0 Å². The lowest BCUT2D eigenvalue weighted by atomic mass is 9.99. The molecule has 6 heteroatoms. The van der Waals surface area contributed by atoms with Crippen LogP contribution in [-0.4, -0.2) is 28.9 Å². The number of ketones is 1. The zero-order valence-corrected chi connectivity index (χ0v) is 12.3. The molecule has 6 nitrogen and oxygen atoms in total. The largest absolute Gasteiger partial charge is 0.480 e. The number of carboxylic acids is 1. The topological polar surface area (TPSA) is 95.5 Å². The van der Waals surface area contributed by atoms with Gasteiger partial charge in [0.05, 0.1) is 0 Å². The van der Waals surface area contributed by atoms with Crippen LogP contribution in [0.2, 0.25) is 0 Å². The number of anilines is 1. The first-order valence-electron chi connectivity index (χ1n) is 6.76. The van der Waals surface area contributed by atoms with E-state index in [0.29, 0.717) is 17.7 Å². The van der Waals surface area contributed by atoms with Crippen molar-refractivity contribution >= 4 is 23.5 Å². The van der Waals surface area contributed by atoms with Gasteiger partial charge in [-0.25, -0.2) is 9.59 Å². The van der Waals surface area contributed by atoms with Crippen LogP contribution < -0.4 is 10.6 Å². The lowest BCUT2D eigenvalue weighted by Crippen LogP contribution is -2.46. The Kier molecular flexibility index (Phi) is 5.90. The summed E-state index contributed by atoms with van der Waals surface area (Å²) in [6, 6.07) is 4.90. The Morgan fingerprint density at radius 3 is 2.48 bits per heavy atom. The number of Topliss-reactive ketones (excluding diaryl/α,β-unsaturated/α-hetero) is 1. The van der Waals surface area contributed by atoms with Crippen LogP contribution in [0.1, 0.15) is 37.6 Å². The van der Waals surface area contributed by atoms with Crippen molar-refractivity contribution in [3.05, 3.63) is 29.8 Å². The molecule has 0 fully saturated rings. The highest BCUT2D eigenvalue weighted by Crippen LogP contribution is 2.12. The SMILES string of the molecule is CC[C@@H](C)[C@H](NC(=O)Nc1cccc(C(C)=O)c1)C(=O)O. The number of hydrogen-bond acceptors (Lipinski definition) is 3. The summed E-state index contributed by atoms with van der Waals surface area (Å²) >= 11 is 0. The highest BCUT2D eigenvalue weighted by molar-refractivity contribution is 5.97. The van der Waals surface area contributed by atoms with E-state index in [2.05, 4.69) is 10.6 Å². The van der Waals surface area contributed by atoms with Gasteiger partial charge in [0.25, 0.3) is 0 Å². The van der Waals surface area contributed by atoms with E-state index in [9.17, 15) is 14.4 Å². The third-order valence-corrected chi connectivity index (χ3v) is 3.29. The first-order valence-corrected chi connectivity index (χ1v) is 6.76. The molecule has 1 aromatic carbocycles. The third-order valence-electron chi connectivity index (χ3n) is 3.29. The summed E-state index contributed by atoms with van der Waals surface area (Å²) in [5.74, 6) is -1.36. The number of amides is 2. The molecule has 21 heavy (non-hydrogen) atoms. The average Bonchev–Trinajstić information content (AvgIpc) is 2.43. The van der Waals surface area contributed by atoms with Crippen LogP contribution in [0.15, 0.2) is 24.3 Å². The van der Waals surface area contributed by atoms with Crippen molar-refractivity contribution in [3.63, 3.8) is 0 Å². The van der Waals surface area contributed by atoms with Gasteiger partial charge < -0.3 is 15.7 Å². The minimum Gasteiger partial charge on any atom is -0.480 e. The predicted molar refractivity (Wildman–Crippen MR) is 79.5 cm³/mol. The van der Waals surface area contributed by atoms with Gasteiger partial charge in [0.1, 0.15) is 6.04 Å². The number of carbonyl (C=O) groups excluding carboxylic acids is 2. The molecule has 0 aliphatic carbocycles. The Balaban J connectivity index is 2.74. The monoisotopic (exact) mass is 292 g/mol. The van der Waals surface area contributed by atoms with E-state index >= 15 is 0 Å². The number of carbonyl (C=O) groups is 3. The lowest BCUT2D eigenvalue weighted by molar-refractivity contribution is -0.140. The first-order chi connectivity index (χ1) is 9.85. The summed E-state index contributed by atoms with van der Waals surface area (Å²) in [7, 11) is 0. The van der Waals surface area contributed by atoms with Crippen molar-refractivity contribution < 1.29 is 19.5 Å². The maximum Gasteiger partial charge on any atom is 0.326 e. The fourth-order valence-electron chi connectivity index (χ4n) is 1.81. The summed E-state index contributed by atoms with van der Waals surface area (Å²) in [5.41, 5.74) is 0.915. The maximum absolute atomic E-state index is 11.9. The number of urea groups is 1. The standard InChI is InChI=1S/C15H20N2O4/c1-4-9(2)13(14(19)20)17-15(21)16-12-7-5-6-11(8-12)10(3)18/h5-9,13H,4H2,1-3H3,(H,19,20)(H2,16,17,21)/t9-,13+/m1/s1. The molecular weight excluding hydrogens is 272 g/mol. The second-order valence-electron chi connectivity index (χ2n) is 4.94. The summed E-state index contributed by atoms with van der Waals surface area (Å²) in [6.07, 6.45) is 0.636. The molecule has 1 rings (SSSR count). The van der Waals surface area contributed by atoms with Gasteiger partial charge >= 0.3 is 12.0 Å². The Bertz CT molecular complexity index is 542. The van der Waals surface area contributed by atoms with Crippen LogP contribution in [0, 0.1) is 5.92 Å². The van der Waals surface area contributed by atoms with E-state index in [0.717, 1.165) is 0 Å². The van der Waals surface area contributed by atoms with Crippen LogP contribution in [0.25, 0.3) is 0 Å². The summed E-state index contributed by atoms with van der Waals surface area (Å²) in [4.78, 5) is 34.3. The van der Waals surface area contributed by atoms with Gasteiger partial charge in [-0.15, -0.1) is 0 Å². The van der Waals surface area contributed by atoms with Crippen molar-refractivity contribution in [2.75, 3.05) is 5.32 Å². The quantitative estimate of drug-likeness (QED) is 0.702. The lowest BCUT2D eigenvalue weighted by Gasteiger charge is -2.20. The van der Waals surface area contributed by atoms with E-state index in [4.69, 9.17) is 5.11 Å². The molecule has 0 aliphatic heterocycles. The minimum absolute atomic E-state index is 0.109. The molecule has 2 atom stereocenters. The summed E-state index contributed by atoms with van der Waals surface area (Å²) in [5, 5.41) is 14.1. The number of benzene rings is 1. The Hall–Kier alpha value is -2.37. The highest BCUT2D eigenvalue weighted by atomic mass is 16.4. The van der Waals surface area contributed by atoms with Gasteiger partial charge in [0.15, 0.2) is 5.78 Å². The van der Waals surface area contributed by atoms with Crippen LogP contribution in [0.4, 0.5) is 10.5 Å². The van der Waals surface area contributed by atoms with E-state index < -0.39 is 18.0 Å². The molecule has 1 aromatic rings. The maximum atomic E-state index is 11.9. The number of nitrogens with one attached hydrogen (secondary N) is 2. The molecule has 0 aliphatic rings. The summed E-state index contributed by atoms with van der Waals surface area (Å²) < 4.78 is 0. The molecule has 0 saturated carbocycles. The smallest absolute Gasteiger partial charge is 0.326 e. The Morgan fingerprint density at radius 1 is 1.29 bits per heavy atom. The zero-order valence-electron chi connectivity index (χ0n) is 12.3. The number of hydrogen-bond donors (Lipinski definition) is 3. The van der Waals surface area contributed by atoms with Crippen LogP contribution in [0.3, 0.4) is 0 Å². The number of aliphatic carboxylic acids is 1. The van der Waals surface area contributed by atoms with Crippen molar-refractivity contribution in [1.82, 2.24) is 5.32 Å². The number of carboxylic acid groups (broad SMARTS) is 1. The molecule has 3 N–H and O–H groups in total. The van der Waals surface area contributed by atoms with Crippen molar-refractivity contribution in [1.29, 1.82) is 0 Å². The molecule has 0 aromatic heterocycles. The van der Waals surface area contributed by atoms with Crippen molar-refractivity contribution in [2.45, 2.75) is 33.2 Å². The zero-order chi connectivity index (χ0) is 16.0. The fourth-order valence-corrected chi connectivity index (χ4v) is 1.81. The molecule has 2 amide bonds. The average molecular weight is 292 g/mol. The van der Waals surface area contributed by atoms with Crippen LogP contribution in [-0.2, 0) is 4.79 Å². The fraction of sp³-hybridized carbons (Fsp3) is 0.400. The molecule has 114 valence electrons. The van der Waals surface area contributed by atoms with E-state index in [1.165, 1.54) is 6.92 Å². The van der Waals surface area contributed by atoms with Crippen molar-refractivity contribution in [3.8, 4) is 0 Å². The summed E-state index contributed by atoms with van der Waals surface area (Å²) in [6.45, 7) is 5.05. The highest BCUT2D eigenvalue weighted by Gasteiger charge is 2.25. The van der Waals surface area contributed by atoms with Gasteiger partial charge in [-0.3, -0.25) is 4.79 Å². The molecule has 0 heterocycles. The Labute approximate surface area is 123 Å². The molecular formula is C15H20N2O4. The van der Waals surface area contributed by atoms with Crippen molar-refractivity contribution in [2.24, 2.45) is 5.92 Å². The molecule has 0 unspecified atom stereocenters. The molecule has 0 saturated heterocycles. The van der Waals surface area contributed by atoms with Crippen LogP contribution in [0.5, 0.6) is 0 Å².